The summed E-state index contributed by atoms with van der Waals surface area (Å²) in [5, 5.41) is 14.2. The van der Waals surface area contributed by atoms with Gasteiger partial charge in [0.15, 0.2) is 6.54 Å². The Morgan fingerprint density at radius 1 is 1.22 bits per heavy atom. The Morgan fingerprint density at radius 3 is 2.57 bits per heavy atom. The van der Waals surface area contributed by atoms with E-state index in [0.717, 1.165) is 4.90 Å². The van der Waals surface area contributed by atoms with E-state index in [1.807, 2.05) is 7.05 Å². The highest BCUT2D eigenvalue weighted by Gasteiger charge is 2.18. The number of para-hydroxylation sites is 2. The Balaban J connectivity index is 1.97. The number of hydrogen-bond donors (Lipinski definition) is 2. The molecule has 0 aromatic heterocycles. The fourth-order valence-corrected chi connectivity index (χ4v) is 2.44. The fourth-order valence-electron chi connectivity index (χ4n) is 2.26. The maximum atomic E-state index is 12.1. The highest BCUT2D eigenvalue weighted by atomic mass is 35.5. The van der Waals surface area contributed by atoms with Crippen molar-refractivity contribution in [1.82, 2.24) is 0 Å². The van der Waals surface area contributed by atoms with Gasteiger partial charge in [0.1, 0.15) is 6.54 Å². The summed E-state index contributed by atoms with van der Waals surface area (Å²) in [5.74, 6) is -0.200. The van der Waals surface area contributed by atoms with Gasteiger partial charge in [0.05, 0.1) is 28.2 Å². The molecule has 1 amide bonds. The van der Waals surface area contributed by atoms with Gasteiger partial charge in [-0.3, -0.25) is 14.9 Å². The molecule has 2 aromatic rings. The molecule has 0 saturated carbocycles. The van der Waals surface area contributed by atoms with Gasteiger partial charge in [-0.15, -0.1) is 0 Å². The zero-order chi connectivity index (χ0) is 16.8. The monoisotopic (exact) mass is 334 g/mol. The number of rotatable bonds is 6. The Hall–Kier alpha value is -2.44. The van der Waals surface area contributed by atoms with E-state index in [1.54, 1.807) is 42.5 Å². The molecule has 0 saturated heterocycles. The average Bonchev–Trinajstić information content (AvgIpc) is 2.49. The minimum Gasteiger partial charge on any atom is -0.326 e. The lowest BCUT2D eigenvalue weighted by Gasteiger charge is -2.14. The normalized spacial score (nSPS) is 11.7. The average molecular weight is 335 g/mol. The summed E-state index contributed by atoms with van der Waals surface area (Å²) in [5.41, 5.74) is 1.22. The smallest absolute Gasteiger partial charge is 0.279 e. The predicted molar refractivity (Wildman–Crippen MR) is 88.6 cm³/mol. The quantitative estimate of drug-likeness (QED) is 0.625. The highest BCUT2D eigenvalue weighted by molar-refractivity contribution is 6.33. The molecule has 0 fully saturated rings. The van der Waals surface area contributed by atoms with Crippen LogP contribution in [0.4, 0.5) is 11.4 Å². The van der Waals surface area contributed by atoms with Crippen molar-refractivity contribution in [2.24, 2.45) is 0 Å². The molecular weight excluding hydrogens is 318 g/mol. The number of halogens is 1. The number of amides is 1. The maximum Gasteiger partial charge on any atom is 0.279 e. The van der Waals surface area contributed by atoms with Gasteiger partial charge in [0, 0.05) is 6.07 Å². The van der Waals surface area contributed by atoms with Gasteiger partial charge in [-0.1, -0.05) is 35.9 Å². The lowest BCUT2D eigenvalue weighted by atomic mass is 10.1. The number of nitro benzene ring substituents is 1. The molecule has 23 heavy (non-hydrogen) atoms. The summed E-state index contributed by atoms with van der Waals surface area (Å²) in [6.45, 7) is 0.560. The SMILES string of the molecule is C[NH+](CC(=O)Nc1ccccc1Cl)Cc1ccccc1[N+](=O)[O-]. The van der Waals surface area contributed by atoms with Crippen molar-refractivity contribution in [2.45, 2.75) is 6.54 Å². The van der Waals surface area contributed by atoms with Crippen LogP contribution in [0.5, 0.6) is 0 Å². The van der Waals surface area contributed by atoms with E-state index in [2.05, 4.69) is 5.32 Å². The van der Waals surface area contributed by atoms with Gasteiger partial charge in [0.2, 0.25) is 0 Å². The Labute approximate surface area is 138 Å². The van der Waals surface area contributed by atoms with Gasteiger partial charge in [-0.25, -0.2) is 0 Å². The summed E-state index contributed by atoms with van der Waals surface area (Å²) >= 11 is 5.99. The van der Waals surface area contributed by atoms with E-state index in [4.69, 9.17) is 11.6 Å². The molecule has 120 valence electrons. The second-order valence-electron chi connectivity index (χ2n) is 5.22. The summed E-state index contributed by atoms with van der Waals surface area (Å²) in [6, 6.07) is 13.5. The third kappa shape index (κ3) is 4.77. The van der Waals surface area contributed by atoms with Crippen molar-refractivity contribution in [3.8, 4) is 0 Å². The molecule has 2 rings (SSSR count). The van der Waals surface area contributed by atoms with Crippen molar-refractivity contribution >= 4 is 28.9 Å². The molecule has 0 radical (unpaired) electrons. The third-order valence-electron chi connectivity index (χ3n) is 3.29. The van der Waals surface area contributed by atoms with E-state index in [1.165, 1.54) is 6.07 Å². The first-order valence-electron chi connectivity index (χ1n) is 7.05. The number of benzene rings is 2. The minimum atomic E-state index is -0.410. The molecule has 0 heterocycles. The third-order valence-corrected chi connectivity index (χ3v) is 3.62. The highest BCUT2D eigenvalue weighted by Crippen LogP contribution is 2.20. The lowest BCUT2D eigenvalue weighted by molar-refractivity contribution is -0.885. The summed E-state index contributed by atoms with van der Waals surface area (Å²) in [4.78, 5) is 23.5. The molecule has 2 aromatic carbocycles. The van der Waals surface area contributed by atoms with Crippen molar-refractivity contribution < 1.29 is 14.6 Å². The zero-order valence-corrected chi connectivity index (χ0v) is 13.3. The standard InChI is InChI=1S/C16H16ClN3O3/c1-19(10-12-6-2-5-9-15(12)20(22)23)11-16(21)18-14-8-4-3-7-13(14)17/h2-9H,10-11H2,1H3,(H,18,21)/p+1. The molecule has 2 N–H and O–H groups in total. The van der Waals surface area contributed by atoms with Crippen LogP contribution in [0, 0.1) is 10.1 Å². The van der Waals surface area contributed by atoms with Crippen LogP contribution in [-0.4, -0.2) is 24.4 Å². The van der Waals surface area contributed by atoms with E-state index < -0.39 is 4.92 Å². The molecule has 7 heteroatoms. The van der Waals surface area contributed by atoms with Crippen molar-refractivity contribution in [3.63, 3.8) is 0 Å². The number of nitrogens with one attached hydrogen (secondary N) is 2. The second-order valence-corrected chi connectivity index (χ2v) is 5.63. The molecule has 1 atom stereocenters. The summed E-state index contributed by atoms with van der Waals surface area (Å²) in [7, 11) is 1.81. The Morgan fingerprint density at radius 2 is 1.87 bits per heavy atom. The van der Waals surface area contributed by atoms with E-state index >= 15 is 0 Å². The van der Waals surface area contributed by atoms with Crippen LogP contribution < -0.4 is 10.2 Å². The van der Waals surface area contributed by atoms with E-state index in [0.29, 0.717) is 22.8 Å². The number of carbonyl (C=O) groups is 1. The van der Waals surface area contributed by atoms with Crippen molar-refractivity contribution in [1.29, 1.82) is 0 Å². The van der Waals surface area contributed by atoms with Gasteiger partial charge in [-0.05, 0) is 18.2 Å². The Bertz CT molecular complexity index is 721. The molecule has 0 aliphatic rings. The second kappa shape index (κ2) is 7.71. The molecule has 1 unspecified atom stereocenters. The van der Waals surface area contributed by atoms with Crippen LogP contribution >= 0.6 is 11.6 Å². The minimum absolute atomic E-state index is 0.0679. The van der Waals surface area contributed by atoms with Crippen LogP contribution in [0.3, 0.4) is 0 Å². The number of carbonyl (C=O) groups excluding carboxylic acids is 1. The summed E-state index contributed by atoms with van der Waals surface area (Å²) in [6.07, 6.45) is 0. The van der Waals surface area contributed by atoms with Gasteiger partial charge in [-0.2, -0.15) is 0 Å². The van der Waals surface area contributed by atoms with Gasteiger partial charge >= 0.3 is 0 Å². The molecule has 0 bridgehead atoms. The zero-order valence-electron chi connectivity index (χ0n) is 12.6. The predicted octanol–water partition coefficient (Wildman–Crippen LogP) is 1.90. The number of hydrogen-bond acceptors (Lipinski definition) is 3. The molecule has 0 aliphatic carbocycles. The first-order chi connectivity index (χ1) is 11.0. The topological polar surface area (TPSA) is 76.7 Å². The summed E-state index contributed by atoms with van der Waals surface area (Å²) < 4.78 is 0. The maximum absolute atomic E-state index is 12.1. The molecule has 0 aliphatic heterocycles. The number of nitro groups is 1. The molecular formula is C16H17ClN3O3+. The van der Waals surface area contributed by atoms with Crippen LogP contribution in [0.25, 0.3) is 0 Å². The van der Waals surface area contributed by atoms with Crippen LogP contribution in [0.15, 0.2) is 48.5 Å². The van der Waals surface area contributed by atoms with Crippen LogP contribution in [0.1, 0.15) is 5.56 Å². The van der Waals surface area contributed by atoms with Crippen molar-refractivity contribution in [2.75, 3.05) is 18.9 Å². The Kier molecular flexibility index (Phi) is 5.67. The van der Waals surface area contributed by atoms with Crippen LogP contribution in [-0.2, 0) is 11.3 Å². The van der Waals surface area contributed by atoms with E-state index in [9.17, 15) is 14.9 Å². The van der Waals surface area contributed by atoms with Gasteiger partial charge in [0.25, 0.3) is 11.6 Å². The van der Waals surface area contributed by atoms with Crippen LogP contribution in [0.2, 0.25) is 5.02 Å². The molecule has 6 nitrogen and oxygen atoms in total. The fraction of sp³-hybridized carbons (Fsp3) is 0.188. The van der Waals surface area contributed by atoms with E-state index in [-0.39, 0.29) is 18.1 Å². The number of quaternary nitrogens is 1. The van der Waals surface area contributed by atoms with Gasteiger partial charge < -0.3 is 10.2 Å². The number of likely N-dealkylation sites (N-methyl/N-ethyl adjacent to an activating group) is 1. The number of anilines is 1. The number of nitrogens with zero attached hydrogens (tertiary/aromatic N) is 1. The molecule has 0 spiro atoms. The first-order valence-corrected chi connectivity index (χ1v) is 7.43. The first kappa shape index (κ1) is 16.9. The van der Waals surface area contributed by atoms with Crippen molar-refractivity contribution in [3.05, 3.63) is 69.2 Å². The largest absolute Gasteiger partial charge is 0.326 e. The lowest BCUT2D eigenvalue weighted by Crippen LogP contribution is -3.08.